The molecule has 0 fully saturated rings. The van der Waals surface area contributed by atoms with Gasteiger partial charge in [-0.1, -0.05) is 72.6 Å². The van der Waals surface area contributed by atoms with Crippen molar-refractivity contribution in [1.29, 1.82) is 0 Å². The van der Waals surface area contributed by atoms with Gasteiger partial charge < -0.3 is 15.0 Å². The normalized spacial score (nSPS) is 11.8. The van der Waals surface area contributed by atoms with Crippen molar-refractivity contribution in [2.75, 3.05) is 24.0 Å². The fourth-order valence-electron chi connectivity index (χ4n) is 4.89. The summed E-state index contributed by atoms with van der Waals surface area (Å²) >= 11 is 12.4. The number of nitrogens with zero attached hydrogens (tertiary/aromatic N) is 2. The van der Waals surface area contributed by atoms with Gasteiger partial charge in [-0.15, -0.1) is 0 Å². The summed E-state index contributed by atoms with van der Waals surface area (Å²) in [5.41, 5.74) is 1.79. The first-order valence-corrected chi connectivity index (χ1v) is 17.2. The molecule has 0 bridgehead atoms. The second-order valence-corrected chi connectivity index (χ2v) is 13.3. The van der Waals surface area contributed by atoms with Crippen LogP contribution in [0.1, 0.15) is 31.4 Å². The third-order valence-electron chi connectivity index (χ3n) is 7.18. The molecule has 0 heterocycles. The lowest BCUT2D eigenvalue weighted by atomic mass is 10.0. The van der Waals surface area contributed by atoms with Crippen molar-refractivity contribution < 1.29 is 22.7 Å². The quantitative estimate of drug-likeness (QED) is 0.150. The van der Waals surface area contributed by atoms with Crippen molar-refractivity contribution in [3.05, 3.63) is 124 Å². The van der Waals surface area contributed by atoms with Gasteiger partial charge in [0.2, 0.25) is 11.8 Å². The molecule has 0 aliphatic heterocycles. The Morgan fingerprint density at radius 3 is 2.13 bits per heavy atom. The van der Waals surface area contributed by atoms with Crippen LogP contribution in [-0.4, -0.2) is 50.9 Å². The molecule has 1 N–H and O–H groups in total. The van der Waals surface area contributed by atoms with Crippen LogP contribution in [0.3, 0.4) is 0 Å². The number of rotatable bonds is 15. The minimum absolute atomic E-state index is 0.0224. The number of ether oxygens (including phenoxy) is 1. The number of hydrogen-bond donors (Lipinski definition) is 1. The molecule has 11 heteroatoms. The zero-order valence-corrected chi connectivity index (χ0v) is 28.1. The number of amides is 2. The molecule has 0 aromatic heterocycles. The first kappa shape index (κ1) is 34.8. The Bertz CT molecular complexity index is 1700. The number of anilines is 1. The summed E-state index contributed by atoms with van der Waals surface area (Å²) < 4.78 is 34.9. The van der Waals surface area contributed by atoms with Gasteiger partial charge in [0.05, 0.1) is 17.2 Å². The molecular formula is C35H37Cl2N3O5S. The van der Waals surface area contributed by atoms with E-state index in [4.69, 9.17) is 27.9 Å². The maximum Gasteiger partial charge on any atom is 0.264 e. The van der Waals surface area contributed by atoms with Crippen LogP contribution in [0.5, 0.6) is 5.75 Å². The van der Waals surface area contributed by atoms with Gasteiger partial charge in [-0.2, -0.15) is 0 Å². The van der Waals surface area contributed by atoms with Gasteiger partial charge in [0.15, 0.2) is 0 Å². The van der Waals surface area contributed by atoms with Crippen molar-refractivity contribution in [2.45, 2.75) is 44.2 Å². The monoisotopic (exact) mass is 681 g/mol. The highest BCUT2D eigenvalue weighted by atomic mass is 35.5. The zero-order valence-electron chi connectivity index (χ0n) is 25.7. The van der Waals surface area contributed by atoms with Crippen molar-refractivity contribution in [3.63, 3.8) is 0 Å². The fourth-order valence-corrected chi connectivity index (χ4v) is 6.64. The van der Waals surface area contributed by atoms with Crippen LogP contribution in [-0.2, 0) is 32.6 Å². The second kappa shape index (κ2) is 16.5. The maximum atomic E-state index is 14.5. The summed E-state index contributed by atoms with van der Waals surface area (Å²) in [6.07, 6.45) is 0.923. The van der Waals surface area contributed by atoms with Gasteiger partial charge in [0.25, 0.3) is 10.0 Å². The summed E-state index contributed by atoms with van der Waals surface area (Å²) in [5.74, 6) is -0.354. The molecule has 0 unspecified atom stereocenters. The Balaban J connectivity index is 1.79. The standard InChI is InChI=1S/C35H37Cl2N3O5S/c1-3-21-38-35(42)33(23-26-9-6-5-7-10-26)39(24-27-11-8-12-29(37)22-27)34(41)25-40(30-15-17-31(18-16-30)45-4-2)46(43,44)32-19-13-28(36)14-20-32/h5-20,22,33H,3-4,21,23-25H2,1-2H3,(H,38,42)/t33-/m0/s1. The predicted octanol–water partition coefficient (Wildman–Crippen LogP) is 6.75. The number of halogens is 2. The molecule has 8 nitrogen and oxygen atoms in total. The van der Waals surface area contributed by atoms with Crippen LogP contribution in [0.15, 0.2) is 108 Å². The molecule has 0 saturated carbocycles. The smallest absolute Gasteiger partial charge is 0.264 e. The van der Waals surface area contributed by atoms with Crippen LogP contribution < -0.4 is 14.4 Å². The fraction of sp³-hybridized carbons (Fsp3) is 0.257. The highest BCUT2D eigenvalue weighted by Gasteiger charge is 2.34. The van der Waals surface area contributed by atoms with Crippen LogP contribution in [0, 0.1) is 0 Å². The zero-order chi connectivity index (χ0) is 33.1. The lowest BCUT2D eigenvalue weighted by Crippen LogP contribution is -2.53. The molecule has 4 rings (SSSR count). The maximum absolute atomic E-state index is 14.5. The van der Waals surface area contributed by atoms with Crippen LogP contribution >= 0.6 is 23.2 Å². The third-order valence-corrected chi connectivity index (χ3v) is 9.45. The number of carbonyl (C=O) groups excluding carboxylic acids is 2. The molecule has 242 valence electrons. The topological polar surface area (TPSA) is 96.0 Å². The highest BCUT2D eigenvalue weighted by molar-refractivity contribution is 7.92. The van der Waals surface area contributed by atoms with Gasteiger partial charge in [-0.05, 0) is 85.1 Å². The van der Waals surface area contributed by atoms with E-state index in [0.717, 1.165) is 9.87 Å². The van der Waals surface area contributed by atoms with Gasteiger partial charge in [0, 0.05) is 29.6 Å². The summed E-state index contributed by atoms with van der Waals surface area (Å²) in [7, 11) is -4.26. The van der Waals surface area contributed by atoms with E-state index in [1.807, 2.05) is 50.2 Å². The molecule has 0 saturated heterocycles. The largest absolute Gasteiger partial charge is 0.494 e. The van der Waals surface area contributed by atoms with E-state index in [-0.39, 0.29) is 29.5 Å². The second-order valence-electron chi connectivity index (χ2n) is 10.5. The summed E-state index contributed by atoms with van der Waals surface area (Å²) in [4.78, 5) is 29.6. The van der Waals surface area contributed by atoms with E-state index in [1.54, 1.807) is 42.5 Å². The van der Waals surface area contributed by atoms with Crippen LogP contribution in [0.4, 0.5) is 5.69 Å². The van der Waals surface area contributed by atoms with Crippen molar-refractivity contribution in [2.24, 2.45) is 0 Å². The number of hydrogen-bond acceptors (Lipinski definition) is 5. The Labute approximate surface area is 280 Å². The van der Waals surface area contributed by atoms with E-state index in [2.05, 4.69) is 5.32 Å². The lowest BCUT2D eigenvalue weighted by molar-refractivity contribution is -0.140. The Hall–Kier alpha value is -4.05. The average molecular weight is 683 g/mol. The molecule has 4 aromatic carbocycles. The van der Waals surface area contributed by atoms with Crippen molar-refractivity contribution in [1.82, 2.24) is 10.2 Å². The molecule has 0 aliphatic rings. The molecule has 4 aromatic rings. The van der Waals surface area contributed by atoms with E-state index < -0.39 is 28.5 Å². The minimum atomic E-state index is -4.26. The third kappa shape index (κ3) is 9.25. The molecule has 0 radical (unpaired) electrons. The Morgan fingerprint density at radius 2 is 1.50 bits per heavy atom. The molecular weight excluding hydrogens is 645 g/mol. The Kier molecular flexibility index (Phi) is 12.5. The van der Waals surface area contributed by atoms with Gasteiger partial charge in [-0.25, -0.2) is 8.42 Å². The molecule has 46 heavy (non-hydrogen) atoms. The SMILES string of the molecule is CCCNC(=O)[C@H](Cc1ccccc1)N(Cc1cccc(Cl)c1)C(=O)CN(c1ccc(OCC)cc1)S(=O)(=O)c1ccc(Cl)cc1. The number of benzene rings is 4. The van der Waals surface area contributed by atoms with Crippen LogP contribution in [0.2, 0.25) is 10.0 Å². The van der Waals surface area contributed by atoms with E-state index in [1.165, 1.54) is 29.2 Å². The van der Waals surface area contributed by atoms with Gasteiger partial charge in [0.1, 0.15) is 18.3 Å². The van der Waals surface area contributed by atoms with E-state index in [9.17, 15) is 18.0 Å². The first-order chi connectivity index (χ1) is 22.1. The molecule has 1 atom stereocenters. The number of nitrogens with one attached hydrogen (secondary N) is 1. The Morgan fingerprint density at radius 1 is 0.826 bits per heavy atom. The van der Waals surface area contributed by atoms with Crippen molar-refractivity contribution >= 4 is 50.7 Å². The van der Waals surface area contributed by atoms with E-state index in [0.29, 0.717) is 40.9 Å². The average Bonchev–Trinajstić information content (AvgIpc) is 3.05. The van der Waals surface area contributed by atoms with E-state index >= 15 is 0 Å². The lowest BCUT2D eigenvalue weighted by Gasteiger charge is -2.34. The molecule has 2 amide bonds. The summed E-state index contributed by atoms with van der Waals surface area (Å²) in [6.45, 7) is 4.09. The van der Waals surface area contributed by atoms with Crippen molar-refractivity contribution in [3.8, 4) is 5.75 Å². The summed E-state index contributed by atoms with van der Waals surface area (Å²) in [6, 6.07) is 27.7. The van der Waals surface area contributed by atoms with Crippen LogP contribution in [0.25, 0.3) is 0 Å². The van der Waals surface area contributed by atoms with Gasteiger partial charge in [-0.3, -0.25) is 13.9 Å². The highest BCUT2D eigenvalue weighted by Crippen LogP contribution is 2.28. The molecule has 0 aliphatic carbocycles. The summed E-state index contributed by atoms with van der Waals surface area (Å²) in [5, 5.41) is 3.78. The first-order valence-electron chi connectivity index (χ1n) is 15.0. The predicted molar refractivity (Wildman–Crippen MR) is 183 cm³/mol. The minimum Gasteiger partial charge on any atom is -0.494 e. The number of sulfonamides is 1. The molecule has 0 spiro atoms. The number of carbonyl (C=O) groups is 2. The van der Waals surface area contributed by atoms with Gasteiger partial charge >= 0.3 is 0 Å².